The van der Waals surface area contributed by atoms with Crippen LogP contribution in [-0.2, 0) is 31.0 Å². The second-order valence-corrected chi connectivity index (χ2v) is 6.94. The number of benzene rings is 2. The first-order valence-electron chi connectivity index (χ1n) is 9.57. The predicted molar refractivity (Wildman–Crippen MR) is 116 cm³/mol. The number of nitrogens with two attached hydrogens (primary N) is 1. The van der Waals surface area contributed by atoms with Crippen molar-refractivity contribution in [2.45, 2.75) is 26.2 Å². The van der Waals surface area contributed by atoms with E-state index in [9.17, 15) is 0 Å². The topological polar surface area (TPSA) is 76.0 Å². The molecule has 3 rings (SSSR count). The van der Waals surface area contributed by atoms with E-state index in [4.69, 9.17) is 14.9 Å². The van der Waals surface area contributed by atoms with E-state index in [1.165, 1.54) is 5.56 Å². The number of rotatable bonds is 9. The zero-order valence-electron chi connectivity index (χ0n) is 17.0. The van der Waals surface area contributed by atoms with Crippen molar-refractivity contribution < 1.29 is 9.15 Å². The number of ether oxygens (including phenoxy) is 1. The summed E-state index contributed by atoms with van der Waals surface area (Å²) in [5.41, 5.74) is 10.4. The fourth-order valence-corrected chi connectivity index (χ4v) is 3.15. The monoisotopic (exact) mass is 392 g/mol. The summed E-state index contributed by atoms with van der Waals surface area (Å²) in [6.45, 7) is 2.58. The summed E-state index contributed by atoms with van der Waals surface area (Å²) in [4.78, 5) is 6.75. The Balaban J connectivity index is 1.64. The highest BCUT2D eigenvalue weighted by Gasteiger charge is 2.08. The minimum atomic E-state index is 0.382. The van der Waals surface area contributed by atoms with Gasteiger partial charge in [-0.3, -0.25) is 4.90 Å². The summed E-state index contributed by atoms with van der Waals surface area (Å²) in [5.74, 6) is 1.33. The highest BCUT2D eigenvalue weighted by atomic mass is 16.5. The third-order valence-electron chi connectivity index (χ3n) is 4.56. The minimum Gasteiger partial charge on any atom is -0.468 e. The molecule has 0 unspecified atom stereocenters. The highest BCUT2D eigenvalue weighted by molar-refractivity contribution is 5.92. The molecule has 1 aromatic heterocycles. The molecule has 152 valence electrons. The number of hydrogen-bond acceptors (Lipinski definition) is 4. The standard InChI is InChI=1S/C23H28N4O2/c1-27(16-21-11-7-13-29-21)15-19-9-4-3-8-18(19)14-25-23(24)26-22-12-6-5-10-20(22)17-28-2/h3-13H,14-17H2,1-2H3,(H3,24,25,26). The first-order valence-corrected chi connectivity index (χ1v) is 9.57. The summed E-state index contributed by atoms with van der Waals surface area (Å²) in [5, 5.41) is 3.18. The molecule has 0 aliphatic heterocycles. The van der Waals surface area contributed by atoms with Gasteiger partial charge in [0.05, 0.1) is 26.0 Å². The molecule has 0 saturated carbocycles. The Morgan fingerprint density at radius 2 is 1.72 bits per heavy atom. The SMILES string of the molecule is COCc1ccccc1NC(N)=NCc1ccccc1CN(C)Cc1ccco1. The van der Waals surface area contributed by atoms with Gasteiger partial charge in [-0.15, -0.1) is 0 Å². The molecule has 6 nitrogen and oxygen atoms in total. The number of furan rings is 1. The smallest absolute Gasteiger partial charge is 0.193 e. The zero-order valence-corrected chi connectivity index (χ0v) is 17.0. The van der Waals surface area contributed by atoms with Gasteiger partial charge in [0.2, 0.25) is 0 Å². The molecule has 0 fully saturated rings. The Labute approximate surface area is 172 Å². The summed E-state index contributed by atoms with van der Waals surface area (Å²) in [7, 11) is 3.75. The predicted octanol–water partition coefficient (Wildman–Crippen LogP) is 3.98. The van der Waals surface area contributed by atoms with Crippen LogP contribution < -0.4 is 11.1 Å². The average molecular weight is 393 g/mol. The molecule has 2 aromatic carbocycles. The van der Waals surface area contributed by atoms with Crippen LogP contribution in [0.1, 0.15) is 22.5 Å². The number of nitrogens with one attached hydrogen (secondary N) is 1. The number of guanidine groups is 1. The number of para-hydroxylation sites is 1. The van der Waals surface area contributed by atoms with Crippen LogP contribution in [0.5, 0.6) is 0 Å². The van der Waals surface area contributed by atoms with Crippen molar-refractivity contribution in [1.29, 1.82) is 0 Å². The van der Waals surface area contributed by atoms with Crippen LogP contribution in [0.3, 0.4) is 0 Å². The van der Waals surface area contributed by atoms with E-state index >= 15 is 0 Å². The summed E-state index contributed by atoms with van der Waals surface area (Å²) in [6, 6.07) is 20.1. The van der Waals surface area contributed by atoms with Crippen LogP contribution in [0.15, 0.2) is 76.3 Å². The molecule has 0 spiro atoms. The second kappa shape index (κ2) is 10.5. The Morgan fingerprint density at radius 1 is 1.00 bits per heavy atom. The maximum atomic E-state index is 6.14. The van der Waals surface area contributed by atoms with Crippen molar-refractivity contribution in [3.63, 3.8) is 0 Å². The highest BCUT2D eigenvalue weighted by Crippen LogP contribution is 2.17. The maximum Gasteiger partial charge on any atom is 0.193 e. The van der Waals surface area contributed by atoms with E-state index in [-0.39, 0.29) is 0 Å². The van der Waals surface area contributed by atoms with E-state index < -0.39 is 0 Å². The fraction of sp³-hybridized carbons (Fsp3) is 0.261. The van der Waals surface area contributed by atoms with E-state index in [0.717, 1.165) is 35.7 Å². The molecule has 0 atom stereocenters. The van der Waals surface area contributed by atoms with Crippen molar-refractivity contribution in [2.24, 2.45) is 10.7 Å². The summed E-state index contributed by atoms with van der Waals surface area (Å²) < 4.78 is 10.7. The first-order chi connectivity index (χ1) is 14.2. The van der Waals surface area contributed by atoms with Gasteiger partial charge in [0.25, 0.3) is 0 Å². The van der Waals surface area contributed by atoms with Gasteiger partial charge >= 0.3 is 0 Å². The van der Waals surface area contributed by atoms with Crippen LogP contribution in [0.25, 0.3) is 0 Å². The summed E-state index contributed by atoms with van der Waals surface area (Å²) >= 11 is 0. The van der Waals surface area contributed by atoms with Crippen LogP contribution >= 0.6 is 0 Å². The van der Waals surface area contributed by atoms with Crippen LogP contribution in [-0.4, -0.2) is 25.0 Å². The lowest BCUT2D eigenvalue weighted by Crippen LogP contribution is -2.23. The molecule has 1 heterocycles. The Bertz CT molecular complexity index is 922. The minimum absolute atomic E-state index is 0.382. The first kappa shape index (κ1) is 20.6. The van der Waals surface area contributed by atoms with E-state index in [1.807, 2.05) is 48.5 Å². The van der Waals surface area contributed by atoms with Crippen LogP contribution in [0, 0.1) is 0 Å². The normalized spacial score (nSPS) is 11.8. The van der Waals surface area contributed by atoms with Gasteiger partial charge in [-0.2, -0.15) is 0 Å². The Morgan fingerprint density at radius 3 is 2.45 bits per heavy atom. The Hall–Kier alpha value is -3.09. The van der Waals surface area contributed by atoms with E-state index in [2.05, 4.69) is 34.4 Å². The molecule has 6 heteroatoms. The molecular formula is C23H28N4O2. The molecule has 29 heavy (non-hydrogen) atoms. The third-order valence-corrected chi connectivity index (χ3v) is 4.56. The number of anilines is 1. The third kappa shape index (κ3) is 6.20. The number of methoxy groups -OCH3 is 1. The van der Waals surface area contributed by atoms with Gasteiger partial charge < -0.3 is 20.2 Å². The van der Waals surface area contributed by atoms with Crippen molar-refractivity contribution in [1.82, 2.24) is 4.90 Å². The number of nitrogens with zero attached hydrogens (tertiary/aromatic N) is 2. The molecule has 3 aromatic rings. The molecule has 0 saturated heterocycles. The molecule has 0 bridgehead atoms. The van der Waals surface area contributed by atoms with Gasteiger partial charge in [0.15, 0.2) is 5.96 Å². The molecule has 3 N–H and O–H groups in total. The van der Waals surface area contributed by atoms with Crippen LogP contribution in [0.4, 0.5) is 5.69 Å². The molecule has 0 amide bonds. The second-order valence-electron chi connectivity index (χ2n) is 6.94. The molecular weight excluding hydrogens is 364 g/mol. The largest absolute Gasteiger partial charge is 0.468 e. The van der Waals surface area contributed by atoms with Crippen molar-refractivity contribution in [3.8, 4) is 0 Å². The molecule has 0 aliphatic rings. The van der Waals surface area contributed by atoms with E-state index in [0.29, 0.717) is 19.1 Å². The van der Waals surface area contributed by atoms with Crippen LogP contribution in [0.2, 0.25) is 0 Å². The summed E-state index contributed by atoms with van der Waals surface area (Å²) in [6.07, 6.45) is 1.70. The number of aliphatic imine (C=N–C) groups is 1. The van der Waals surface area contributed by atoms with E-state index in [1.54, 1.807) is 13.4 Å². The van der Waals surface area contributed by atoms with Crippen molar-refractivity contribution in [3.05, 3.63) is 89.4 Å². The quantitative estimate of drug-likeness (QED) is 0.425. The van der Waals surface area contributed by atoms with Gasteiger partial charge in [0, 0.05) is 24.9 Å². The van der Waals surface area contributed by atoms with Gasteiger partial charge in [-0.05, 0) is 36.4 Å². The lowest BCUT2D eigenvalue weighted by molar-refractivity contribution is 0.185. The molecule has 0 aliphatic carbocycles. The number of hydrogen-bond donors (Lipinski definition) is 2. The van der Waals surface area contributed by atoms with Crippen molar-refractivity contribution in [2.75, 3.05) is 19.5 Å². The van der Waals surface area contributed by atoms with Gasteiger partial charge in [-0.25, -0.2) is 4.99 Å². The molecule has 0 radical (unpaired) electrons. The lowest BCUT2D eigenvalue weighted by Gasteiger charge is -2.17. The van der Waals surface area contributed by atoms with Gasteiger partial charge in [-0.1, -0.05) is 42.5 Å². The lowest BCUT2D eigenvalue weighted by atomic mass is 10.1. The maximum absolute atomic E-state index is 6.14. The zero-order chi connectivity index (χ0) is 20.5. The Kier molecular flexibility index (Phi) is 7.44. The van der Waals surface area contributed by atoms with Gasteiger partial charge in [0.1, 0.15) is 5.76 Å². The average Bonchev–Trinajstić information content (AvgIpc) is 3.22. The fourth-order valence-electron chi connectivity index (χ4n) is 3.15. The van der Waals surface area contributed by atoms with Crippen molar-refractivity contribution >= 4 is 11.6 Å².